The molecule has 1 saturated heterocycles. The van der Waals surface area contributed by atoms with Crippen LogP contribution in [0.4, 0.5) is 0 Å². The van der Waals surface area contributed by atoms with Crippen LogP contribution in [0.25, 0.3) is 0 Å². The number of hydrogen-bond acceptors (Lipinski definition) is 11. The number of esters is 4. The number of H-pyrrole nitrogens is 1. The molecule has 5 atom stereocenters. The number of carbonyl (C=O) groups is 4. The third-order valence-corrected chi connectivity index (χ3v) is 7.65. The van der Waals surface area contributed by atoms with Crippen molar-refractivity contribution in [3.8, 4) is 0 Å². The van der Waals surface area contributed by atoms with Gasteiger partial charge in [0, 0.05) is 0 Å². The van der Waals surface area contributed by atoms with E-state index in [2.05, 4.69) is 15.2 Å². The Morgan fingerprint density at radius 1 is 0.592 bits per heavy atom. The molecule has 12 nitrogen and oxygen atoms in total. The van der Waals surface area contributed by atoms with E-state index >= 15 is 0 Å². The minimum atomic E-state index is -1.49. The van der Waals surface area contributed by atoms with Gasteiger partial charge in [-0.2, -0.15) is 5.10 Å². The first kappa shape index (κ1) is 32.8. The number of rotatable bonds is 10. The van der Waals surface area contributed by atoms with E-state index in [0.29, 0.717) is 5.82 Å². The van der Waals surface area contributed by atoms with Gasteiger partial charge in [-0.25, -0.2) is 24.2 Å². The maximum absolute atomic E-state index is 13.7. The van der Waals surface area contributed by atoms with Crippen molar-refractivity contribution in [1.82, 2.24) is 15.2 Å². The fourth-order valence-electron chi connectivity index (χ4n) is 5.26. The molecule has 1 aliphatic heterocycles. The maximum atomic E-state index is 13.7. The lowest BCUT2D eigenvalue weighted by molar-refractivity contribution is -0.233. The fraction of sp³-hybridized carbons (Fsp3) is 0.189. The quantitative estimate of drug-likeness (QED) is 0.157. The van der Waals surface area contributed by atoms with Crippen molar-refractivity contribution in [3.05, 3.63) is 155 Å². The average Bonchev–Trinajstić information content (AvgIpc) is 3.59. The van der Waals surface area contributed by atoms with Crippen LogP contribution in [0.15, 0.2) is 121 Å². The van der Waals surface area contributed by atoms with Crippen molar-refractivity contribution in [2.75, 3.05) is 6.61 Å². The van der Waals surface area contributed by atoms with E-state index < -0.39 is 61.0 Å². The van der Waals surface area contributed by atoms with Crippen molar-refractivity contribution >= 4 is 23.9 Å². The van der Waals surface area contributed by atoms with Gasteiger partial charge in [-0.1, -0.05) is 72.8 Å². The number of hydrogen-bond donors (Lipinski definition) is 1. The van der Waals surface area contributed by atoms with Gasteiger partial charge < -0.3 is 23.7 Å². The molecule has 0 amide bonds. The van der Waals surface area contributed by atoms with Gasteiger partial charge >= 0.3 is 23.9 Å². The summed E-state index contributed by atoms with van der Waals surface area (Å²) in [6, 6.07) is 32.8. The lowest BCUT2D eigenvalue weighted by atomic mass is 9.93. The summed E-state index contributed by atoms with van der Waals surface area (Å²) in [4.78, 5) is 58.2. The first-order valence-corrected chi connectivity index (χ1v) is 15.4. The number of benzene rings is 4. The van der Waals surface area contributed by atoms with E-state index in [-0.39, 0.29) is 28.1 Å². The van der Waals surface area contributed by atoms with Crippen molar-refractivity contribution < 1.29 is 42.9 Å². The van der Waals surface area contributed by atoms with Crippen LogP contribution in [0.2, 0.25) is 0 Å². The number of ether oxygens (including phenoxy) is 5. The summed E-state index contributed by atoms with van der Waals surface area (Å²) >= 11 is 0. The number of carbonyl (C=O) groups excluding carboxylic acids is 4. The van der Waals surface area contributed by atoms with Gasteiger partial charge in [0.15, 0.2) is 30.2 Å². The second-order valence-electron chi connectivity index (χ2n) is 11.0. The molecule has 6 rings (SSSR count). The van der Waals surface area contributed by atoms with Gasteiger partial charge in [0.05, 0.1) is 22.3 Å². The summed E-state index contributed by atoms with van der Waals surface area (Å²) in [7, 11) is 0. The number of nitrogens with zero attached hydrogens (tertiary/aromatic N) is 2. The number of aromatic amines is 1. The van der Waals surface area contributed by atoms with E-state index in [1.165, 1.54) is 0 Å². The molecule has 0 aliphatic carbocycles. The van der Waals surface area contributed by atoms with E-state index in [4.69, 9.17) is 23.7 Å². The van der Waals surface area contributed by atoms with Gasteiger partial charge in [-0.15, -0.1) is 0 Å². The van der Waals surface area contributed by atoms with E-state index in [1.54, 1.807) is 128 Å². The highest BCUT2D eigenvalue weighted by Gasteiger charge is 2.54. The highest BCUT2D eigenvalue weighted by atomic mass is 16.7. The van der Waals surface area contributed by atoms with Crippen LogP contribution in [0.3, 0.4) is 0 Å². The lowest BCUT2D eigenvalue weighted by Gasteiger charge is -2.43. The summed E-state index contributed by atoms with van der Waals surface area (Å²) in [6.07, 6.45) is -6.90. The first-order chi connectivity index (χ1) is 23.9. The van der Waals surface area contributed by atoms with Gasteiger partial charge in [-0.05, 0) is 55.5 Å². The molecular formula is C37H31N3O9. The fourth-order valence-corrected chi connectivity index (χ4v) is 5.26. The largest absolute Gasteiger partial charge is 0.459 e. The third kappa shape index (κ3) is 7.88. The normalized spacial score (nSPS) is 20.1. The van der Waals surface area contributed by atoms with Crippen molar-refractivity contribution in [1.29, 1.82) is 0 Å². The molecule has 0 saturated carbocycles. The van der Waals surface area contributed by atoms with Gasteiger partial charge in [0.2, 0.25) is 0 Å². The molecule has 4 aromatic carbocycles. The zero-order chi connectivity index (χ0) is 34.2. The van der Waals surface area contributed by atoms with Crippen LogP contribution in [0.1, 0.15) is 59.2 Å². The number of aryl methyl sites for hydroxylation is 1. The highest BCUT2D eigenvalue weighted by molar-refractivity contribution is 5.91. The topological polar surface area (TPSA) is 156 Å². The second kappa shape index (κ2) is 15.2. The molecule has 0 spiro atoms. The Balaban J connectivity index is 1.42. The molecule has 49 heavy (non-hydrogen) atoms. The Hall–Kier alpha value is -6.14. The predicted octanol–water partition coefficient (Wildman–Crippen LogP) is 5.09. The lowest BCUT2D eigenvalue weighted by Crippen LogP contribution is -2.60. The molecular weight excluding hydrogens is 630 g/mol. The minimum Gasteiger partial charge on any atom is -0.459 e. The van der Waals surface area contributed by atoms with Crippen molar-refractivity contribution in [3.63, 3.8) is 0 Å². The minimum absolute atomic E-state index is 0.0661. The Labute approximate surface area is 280 Å². The Morgan fingerprint density at radius 3 is 1.43 bits per heavy atom. The van der Waals surface area contributed by atoms with Crippen LogP contribution in [0, 0.1) is 6.92 Å². The molecule has 248 valence electrons. The molecule has 2 heterocycles. The van der Waals surface area contributed by atoms with Crippen LogP contribution in [-0.4, -0.2) is 70.1 Å². The molecule has 12 heteroatoms. The zero-order valence-electron chi connectivity index (χ0n) is 26.2. The molecule has 2 unspecified atom stereocenters. The third-order valence-electron chi connectivity index (χ3n) is 7.65. The number of nitrogens with one attached hydrogen (secondary N) is 1. The molecule has 0 bridgehead atoms. The van der Waals surface area contributed by atoms with E-state index in [0.717, 1.165) is 0 Å². The Kier molecular flexibility index (Phi) is 10.2. The summed E-state index contributed by atoms with van der Waals surface area (Å²) < 4.78 is 30.2. The first-order valence-electron chi connectivity index (χ1n) is 15.4. The van der Waals surface area contributed by atoms with E-state index in [9.17, 15) is 19.2 Å². The van der Waals surface area contributed by atoms with Crippen LogP contribution in [0.5, 0.6) is 0 Å². The molecule has 0 radical (unpaired) electrons. The summed E-state index contributed by atoms with van der Waals surface area (Å²) in [5, 5.41) is 6.99. The Bertz CT molecular complexity index is 1890. The van der Waals surface area contributed by atoms with Gasteiger partial charge in [0.1, 0.15) is 18.5 Å². The SMILES string of the molecule is Cc1nc([C@@H]2OC(COC(=O)c3ccccc3)[C@@H](OC(=O)c3ccccc3)C(OC(=O)c3ccccc3)[C@@H]2OC(=O)c2ccccc2)n[nH]1. The highest BCUT2D eigenvalue weighted by Crippen LogP contribution is 2.37. The summed E-state index contributed by atoms with van der Waals surface area (Å²) in [6.45, 7) is 1.22. The zero-order valence-corrected chi connectivity index (χ0v) is 26.2. The van der Waals surface area contributed by atoms with Gasteiger partial charge in [-0.3, -0.25) is 5.10 Å². The average molecular weight is 662 g/mol. The number of aromatic nitrogens is 3. The molecule has 1 aromatic heterocycles. The van der Waals surface area contributed by atoms with Crippen LogP contribution < -0.4 is 0 Å². The summed E-state index contributed by atoms with van der Waals surface area (Å²) in [5.41, 5.74) is 0.865. The molecule has 5 aromatic rings. The summed E-state index contributed by atoms with van der Waals surface area (Å²) in [5.74, 6) is -2.52. The van der Waals surface area contributed by atoms with E-state index in [1.807, 2.05) is 0 Å². The predicted molar refractivity (Wildman–Crippen MR) is 172 cm³/mol. The molecule has 1 aliphatic rings. The van der Waals surface area contributed by atoms with Crippen LogP contribution in [-0.2, 0) is 23.7 Å². The van der Waals surface area contributed by atoms with Gasteiger partial charge in [0.25, 0.3) is 0 Å². The Morgan fingerprint density at radius 2 is 1.00 bits per heavy atom. The second-order valence-corrected chi connectivity index (χ2v) is 11.0. The standard InChI is InChI=1S/C37H31N3O9/c1-23-38-33(40-39-23)32-31(49-37(44)27-20-12-5-13-21-27)30(48-36(43)26-18-10-4-11-19-26)29(47-35(42)25-16-8-3-9-17-25)28(46-32)22-45-34(41)24-14-6-2-7-15-24/h2-21,28-32H,22H2,1H3,(H,38,39,40)/t28?,29-,30?,31+,32-/m1/s1. The molecule has 1 N–H and O–H groups in total. The maximum Gasteiger partial charge on any atom is 0.338 e. The monoisotopic (exact) mass is 661 g/mol. The smallest absolute Gasteiger partial charge is 0.338 e. The van der Waals surface area contributed by atoms with Crippen molar-refractivity contribution in [2.45, 2.75) is 37.4 Å². The van der Waals surface area contributed by atoms with Crippen molar-refractivity contribution in [2.24, 2.45) is 0 Å². The van der Waals surface area contributed by atoms with Crippen LogP contribution >= 0.6 is 0 Å². The molecule has 1 fully saturated rings.